The molecule has 1 unspecified atom stereocenters. The molecule has 5 heteroatoms. The van der Waals surface area contributed by atoms with Gasteiger partial charge in [-0.1, -0.05) is 60.7 Å². The maximum atomic E-state index is 13.3. The standard InChI is InChI=1S/C18H21O4P/c1-3-21-23(20,22-4-2)18(16-13-9-6-10-14-16)17(19)15-11-7-5-8-12-15/h5-14,18H,3-4H2,1-2H3. The van der Waals surface area contributed by atoms with Gasteiger partial charge < -0.3 is 9.05 Å². The molecule has 0 fully saturated rings. The van der Waals surface area contributed by atoms with Crippen molar-refractivity contribution in [1.29, 1.82) is 0 Å². The molecule has 0 aliphatic rings. The van der Waals surface area contributed by atoms with E-state index in [-0.39, 0.29) is 19.0 Å². The van der Waals surface area contributed by atoms with Crippen LogP contribution in [0.3, 0.4) is 0 Å². The van der Waals surface area contributed by atoms with Crippen LogP contribution in [0.2, 0.25) is 0 Å². The Morgan fingerprint density at radius 2 is 1.39 bits per heavy atom. The lowest BCUT2D eigenvalue weighted by molar-refractivity contribution is 0.0967. The van der Waals surface area contributed by atoms with Gasteiger partial charge in [-0.2, -0.15) is 0 Å². The van der Waals surface area contributed by atoms with E-state index in [0.717, 1.165) is 0 Å². The Labute approximate surface area is 137 Å². The van der Waals surface area contributed by atoms with E-state index in [4.69, 9.17) is 9.05 Å². The van der Waals surface area contributed by atoms with E-state index < -0.39 is 13.3 Å². The summed E-state index contributed by atoms with van der Waals surface area (Å²) in [6.07, 6.45) is 0. The van der Waals surface area contributed by atoms with Gasteiger partial charge in [0.05, 0.1) is 13.2 Å². The van der Waals surface area contributed by atoms with Crippen molar-refractivity contribution in [3.05, 3.63) is 71.8 Å². The molecule has 2 aromatic carbocycles. The lowest BCUT2D eigenvalue weighted by Crippen LogP contribution is -2.16. The van der Waals surface area contributed by atoms with Gasteiger partial charge in [-0.15, -0.1) is 0 Å². The minimum atomic E-state index is -3.62. The lowest BCUT2D eigenvalue weighted by atomic mass is 10.0. The number of ketones is 1. The zero-order valence-corrected chi connectivity index (χ0v) is 14.2. The smallest absolute Gasteiger partial charge is 0.308 e. The normalized spacial score (nSPS) is 12.8. The second-order valence-electron chi connectivity index (χ2n) is 4.92. The van der Waals surface area contributed by atoms with Gasteiger partial charge >= 0.3 is 7.60 Å². The summed E-state index contributed by atoms with van der Waals surface area (Å²) in [4.78, 5) is 13.0. The van der Waals surface area contributed by atoms with Crippen LogP contribution in [0.25, 0.3) is 0 Å². The highest BCUT2D eigenvalue weighted by Crippen LogP contribution is 2.61. The number of rotatable bonds is 8. The van der Waals surface area contributed by atoms with Crippen LogP contribution in [0.4, 0.5) is 0 Å². The van der Waals surface area contributed by atoms with Gasteiger partial charge in [0.1, 0.15) is 5.66 Å². The molecule has 2 aromatic rings. The molecule has 1 atom stereocenters. The first-order valence-corrected chi connectivity index (χ1v) is 9.26. The van der Waals surface area contributed by atoms with Crippen LogP contribution in [0, 0.1) is 0 Å². The molecule has 2 rings (SSSR count). The lowest BCUT2D eigenvalue weighted by Gasteiger charge is -2.25. The van der Waals surface area contributed by atoms with Crippen molar-refractivity contribution in [2.24, 2.45) is 0 Å². The highest BCUT2D eigenvalue weighted by atomic mass is 31.2. The summed E-state index contributed by atoms with van der Waals surface area (Å²) in [7, 11) is -3.62. The largest absolute Gasteiger partial charge is 0.345 e. The molecule has 0 bridgehead atoms. The number of carbonyl (C=O) groups is 1. The fourth-order valence-corrected chi connectivity index (χ4v) is 4.49. The second-order valence-corrected chi connectivity index (χ2v) is 7.03. The summed E-state index contributed by atoms with van der Waals surface area (Å²) < 4.78 is 24.1. The summed E-state index contributed by atoms with van der Waals surface area (Å²) in [5, 5.41) is 0. The minimum absolute atomic E-state index is 0.211. The van der Waals surface area contributed by atoms with Gasteiger partial charge in [0.2, 0.25) is 0 Å². The van der Waals surface area contributed by atoms with Crippen molar-refractivity contribution in [2.75, 3.05) is 13.2 Å². The summed E-state index contributed by atoms with van der Waals surface area (Å²) in [6, 6.07) is 17.8. The van der Waals surface area contributed by atoms with Crippen LogP contribution in [0.15, 0.2) is 60.7 Å². The van der Waals surface area contributed by atoms with E-state index in [9.17, 15) is 9.36 Å². The molecule has 0 saturated heterocycles. The van der Waals surface area contributed by atoms with Crippen molar-refractivity contribution in [3.8, 4) is 0 Å². The van der Waals surface area contributed by atoms with Gasteiger partial charge in [-0.25, -0.2) is 0 Å². The predicted molar refractivity (Wildman–Crippen MR) is 90.8 cm³/mol. The van der Waals surface area contributed by atoms with Crippen LogP contribution in [0.1, 0.15) is 35.4 Å². The number of hydrogen-bond acceptors (Lipinski definition) is 4. The number of hydrogen-bond donors (Lipinski definition) is 0. The molecule has 0 radical (unpaired) electrons. The quantitative estimate of drug-likeness (QED) is 0.511. The van der Waals surface area contributed by atoms with Gasteiger partial charge in [-0.3, -0.25) is 9.36 Å². The average Bonchev–Trinajstić information content (AvgIpc) is 2.57. The molecule has 122 valence electrons. The van der Waals surface area contributed by atoms with Crippen LogP contribution in [-0.2, 0) is 13.6 Å². The summed E-state index contributed by atoms with van der Waals surface area (Å²) >= 11 is 0. The Balaban J connectivity index is 2.52. The molecule has 0 aliphatic carbocycles. The molecule has 0 aliphatic heterocycles. The Kier molecular flexibility index (Phi) is 6.28. The summed E-state index contributed by atoms with van der Waals surface area (Å²) in [5.74, 6) is -0.262. The summed E-state index contributed by atoms with van der Waals surface area (Å²) in [5.41, 5.74) is 0.151. The van der Waals surface area contributed by atoms with Crippen molar-refractivity contribution in [1.82, 2.24) is 0 Å². The van der Waals surface area contributed by atoms with E-state index in [2.05, 4.69) is 0 Å². The molecular weight excluding hydrogens is 311 g/mol. The van der Waals surface area contributed by atoms with Gasteiger partial charge in [0.25, 0.3) is 0 Å². The third-order valence-electron chi connectivity index (χ3n) is 3.36. The molecular formula is C18H21O4P. The van der Waals surface area contributed by atoms with E-state index in [1.165, 1.54) is 0 Å². The van der Waals surface area contributed by atoms with Crippen molar-refractivity contribution >= 4 is 13.4 Å². The second kappa shape index (κ2) is 8.21. The molecule has 0 N–H and O–H groups in total. The van der Waals surface area contributed by atoms with Crippen LogP contribution < -0.4 is 0 Å². The molecule has 0 saturated carbocycles. The number of benzene rings is 2. The maximum absolute atomic E-state index is 13.3. The predicted octanol–water partition coefficient (Wildman–Crippen LogP) is 4.88. The Morgan fingerprint density at radius 1 is 0.913 bits per heavy atom. The van der Waals surface area contributed by atoms with Crippen LogP contribution >= 0.6 is 7.60 Å². The monoisotopic (exact) mass is 332 g/mol. The van der Waals surface area contributed by atoms with E-state index >= 15 is 0 Å². The highest BCUT2D eigenvalue weighted by Gasteiger charge is 2.42. The Hall–Kier alpha value is -1.74. The molecule has 0 aromatic heterocycles. The third kappa shape index (κ3) is 4.17. The van der Waals surface area contributed by atoms with Gasteiger partial charge in [0, 0.05) is 5.56 Å². The van der Waals surface area contributed by atoms with Crippen molar-refractivity contribution in [3.63, 3.8) is 0 Å². The summed E-state index contributed by atoms with van der Waals surface area (Å²) in [6.45, 7) is 3.90. The zero-order chi connectivity index (χ0) is 16.7. The Morgan fingerprint density at radius 3 is 1.87 bits per heavy atom. The Bertz CT molecular complexity index is 660. The molecule has 0 amide bonds. The topological polar surface area (TPSA) is 52.6 Å². The molecule has 0 heterocycles. The first-order chi connectivity index (χ1) is 11.1. The van der Waals surface area contributed by atoms with Gasteiger partial charge in [-0.05, 0) is 19.4 Å². The molecule has 23 heavy (non-hydrogen) atoms. The first kappa shape index (κ1) is 17.6. The molecule has 4 nitrogen and oxygen atoms in total. The maximum Gasteiger partial charge on any atom is 0.345 e. The fourth-order valence-electron chi connectivity index (χ4n) is 2.42. The fraction of sp³-hybridized carbons (Fsp3) is 0.278. The van der Waals surface area contributed by atoms with E-state index in [1.807, 2.05) is 24.3 Å². The van der Waals surface area contributed by atoms with Crippen molar-refractivity contribution in [2.45, 2.75) is 19.5 Å². The highest BCUT2D eigenvalue weighted by molar-refractivity contribution is 7.55. The van der Waals surface area contributed by atoms with Gasteiger partial charge in [0.15, 0.2) is 5.78 Å². The van der Waals surface area contributed by atoms with E-state index in [0.29, 0.717) is 11.1 Å². The van der Waals surface area contributed by atoms with Crippen LogP contribution in [0.5, 0.6) is 0 Å². The average molecular weight is 332 g/mol. The minimum Gasteiger partial charge on any atom is -0.308 e. The van der Waals surface area contributed by atoms with Crippen LogP contribution in [-0.4, -0.2) is 19.0 Å². The number of carbonyl (C=O) groups excluding carboxylic acids is 1. The SMILES string of the molecule is CCOP(=O)(OCC)C(C(=O)c1ccccc1)c1ccccc1. The van der Waals surface area contributed by atoms with E-state index in [1.54, 1.807) is 50.2 Å². The zero-order valence-electron chi connectivity index (χ0n) is 13.3. The van der Waals surface area contributed by atoms with Crippen molar-refractivity contribution < 1.29 is 18.4 Å². The first-order valence-electron chi connectivity index (χ1n) is 7.65. The third-order valence-corrected chi connectivity index (χ3v) is 5.76. The molecule has 0 spiro atoms. The number of Topliss-reactive ketones (excluding diaryl/α,β-unsaturated/α-hetero) is 1.